The molecule has 1 N–H and O–H groups in total. The second-order valence-electron chi connectivity index (χ2n) is 6.77. The van der Waals surface area contributed by atoms with Crippen LogP contribution < -0.4 is 10.1 Å². The molecule has 7 heteroatoms. The van der Waals surface area contributed by atoms with E-state index in [1.54, 1.807) is 24.3 Å². The maximum Gasteiger partial charge on any atom is 0.255 e. The summed E-state index contributed by atoms with van der Waals surface area (Å²) in [4.78, 5) is 12.3. The molecule has 1 aliphatic rings. The molecule has 0 bridgehead atoms. The highest BCUT2D eigenvalue weighted by Gasteiger charge is 2.16. The molecule has 27 heavy (non-hydrogen) atoms. The molecule has 0 saturated heterocycles. The first-order valence-corrected chi connectivity index (χ1v) is 10.8. The number of nitrogens with one attached hydrogen (secondary N) is 1. The van der Waals surface area contributed by atoms with Gasteiger partial charge in [-0.3, -0.25) is 4.79 Å². The van der Waals surface area contributed by atoms with Crippen molar-refractivity contribution in [3.8, 4) is 5.75 Å². The zero-order valence-corrected chi connectivity index (χ0v) is 15.9. The lowest BCUT2D eigenvalue weighted by Gasteiger charge is -2.23. The number of halogens is 1. The van der Waals surface area contributed by atoms with Gasteiger partial charge in [-0.2, -0.15) is 0 Å². The Labute approximate surface area is 158 Å². The molecule has 2 aromatic rings. The summed E-state index contributed by atoms with van der Waals surface area (Å²) in [6.07, 6.45) is 6.90. The lowest BCUT2D eigenvalue weighted by molar-refractivity contribution is 0.102. The highest BCUT2D eigenvalue weighted by molar-refractivity contribution is 7.90. The number of anilines is 1. The average molecular weight is 391 g/mol. The van der Waals surface area contributed by atoms with Crippen molar-refractivity contribution >= 4 is 21.4 Å². The Hall–Kier alpha value is -2.41. The molecule has 1 saturated carbocycles. The van der Waals surface area contributed by atoms with Crippen LogP contribution in [-0.2, 0) is 9.84 Å². The van der Waals surface area contributed by atoms with Crippen LogP contribution in [0, 0.1) is 5.82 Å². The summed E-state index contributed by atoms with van der Waals surface area (Å²) in [6.45, 7) is 0. The summed E-state index contributed by atoms with van der Waals surface area (Å²) in [5.74, 6) is -0.527. The van der Waals surface area contributed by atoms with Crippen molar-refractivity contribution < 1.29 is 22.3 Å². The predicted octanol–water partition coefficient (Wildman–Crippen LogP) is 4.19. The van der Waals surface area contributed by atoms with E-state index in [0.29, 0.717) is 11.3 Å². The Bertz CT molecular complexity index is 919. The van der Waals surface area contributed by atoms with Crippen molar-refractivity contribution in [2.24, 2.45) is 0 Å². The van der Waals surface area contributed by atoms with Crippen LogP contribution in [0.3, 0.4) is 0 Å². The fourth-order valence-corrected chi connectivity index (χ4v) is 3.73. The minimum Gasteiger partial charge on any atom is -0.490 e. The van der Waals surface area contributed by atoms with Crippen LogP contribution in [0.25, 0.3) is 0 Å². The van der Waals surface area contributed by atoms with Gasteiger partial charge in [-0.15, -0.1) is 0 Å². The molecule has 0 radical (unpaired) electrons. The maximum absolute atomic E-state index is 13.9. The fraction of sp³-hybridized carbons (Fsp3) is 0.350. The molecule has 1 fully saturated rings. The van der Waals surface area contributed by atoms with Gasteiger partial charge in [0, 0.05) is 11.8 Å². The molecular formula is C20H22FNO4S. The number of amides is 1. The van der Waals surface area contributed by atoms with Crippen LogP contribution in [0.4, 0.5) is 10.1 Å². The monoisotopic (exact) mass is 391 g/mol. The third-order valence-corrected chi connectivity index (χ3v) is 5.70. The number of carbonyl (C=O) groups is 1. The van der Waals surface area contributed by atoms with Crippen LogP contribution in [-0.4, -0.2) is 26.7 Å². The minimum absolute atomic E-state index is 0.0598. The van der Waals surface area contributed by atoms with Crippen molar-refractivity contribution in [2.75, 3.05) is 11.6 Å². The predicted molar refractivity (Wildman–Crippen MR) is 101 cm³/mol. The summed E-state index contributed by atoms with van der Waals surface area (Å²) in [5.41, 5.74) is 0.153. The largest absolute Gasteiger partial charge is 0.490 e. The molecule has 2 aromatic carbocycles. The smallest absolute Gasteiger partial charge is 0.255 e. The van der Waals surface area contributed by atoms with Gasteiger partial charge in [0.25, 0.3) is 5.91 Å². The van der Waals surface area contributed by atoms with Gasteiger partial charge in [0.1, 0.15) is 11.6 Å². The normalized spacial score (nSPS) is 15.3. The van der Waals surface area contributed by atoms with E-state index in [4.69, 9.17) is 4.74 Å². The molecule has 0 heterocycles. The second kappa shape index (κ2) is 8.08. The number of hydrogen-bond acceptors (Lipinski definition) is 4. The first-order valence-electron chi connectivity index (χ1n) is 8.90. The number of hydrogen-bond donors (Lipinski definition) is 1. The third kappa shape index (κ3) is 5.07. The fourth-order valence-electron chi connectivity index (χ4n) is 3.09. The van der Waals surface area contributed by atoms with Gasteiger partial charge in [0.05, 0.1) is 16.7 Å². The number of sulfone groups is 1. The molecule has 0 unspecified atom stereocenters. The van der Waals surface area contributed by atoms with Crippen molar-refractivity contribution in [3.05, 3.63) is 53.8 Å². The number of carbonyl (C=O) groups excluding carboxylic acids is 1. The highest BCUT2D eigenvalue weighted by atomic mass is 32.2. The van der Waals surface area contributed by atoms with Gasteiger partial charge in [-0.25, -0.2) is 12.8 Å². The van der Waals surface area contributed by atoms with E-state index in [1.807, 2.05) is 0 Å². The molecule has 5 nitrogen and oxygen atoms in total. The van der Waals surface area contributed by atoms with Crippen LogP contribution in [0.2, 0.25) is 0 Å². The Balaban J connectivity index is 1.69. The molecule has 3 rings (SSSR count). The van der Waals surface area contributed by atoms with Crippen molar-refractivity contribution in [1.29, 1.82) is 0 Å². The van der Waals surface area contributed by atoms with Gasteiger partial charge >= 0.3 is 0 Å². The third-order valence-electron chi connectivity index (χ3n) is 4.59. The van der Waals surface area contributed by atoms with Crippen molar-refractivity contribution in [1.82, 2.24) is 0 Å². The van der Waals surface area contributed by atoms with Crippen LogP contribution in [0.1, 0.15) is 42.5 Å². The molecular weight excluding hydrogens is 369 g/mol. The van der Waals surface area contributed by atoms with E-state index in [9.17, 15) is 17.6 Å². The van der Waals surface area contributed by atoms with Crippen LogP contribution in [0.5, 0.6) is 5.75 Å². The van der Waals surface area contributed by atoms with Gasteiger partial charge in [0.15, 0.2) is 9.84 Å². The van der Waals surface area contributed by atoms with Crippen LogP contribution in [0.15, 0.2) is 47.4 Å². The van der Waals surface area contributed by atoms with E-state index >= 15 is 0 Å². The summed E-state index contributed by atoms with van der Waals surface area (Å²) in [7, 11) is -3.50. The molecule has 0 aromatic heterocycles. The number of benzene rings is 2. The topological polar surface area (TPSA) is 72.5 Å². The van der Waals surface area contributed by atoms with E-state index < -0.39 is 21.6 Å². The van der Waals surface area contributed by atoms with Gasteiger partial charge < -0.3 is 10.1 Å². The first kappa shape index (κ1) is 19.4. The average Bonchev–Trinajstić information content (AvgIpc) is 2.64. The zero-order chi connectivity index (χ0) is 19.4. The van der Waals surface area contributed by atoms with Gasteiger partial charge in [-0.05, 0) is 68.1 Å². The van der Waals surface area contributed by atoms with Crippen molar-refractivity contribution in [3.63, 3.8) is 0 Å². The summed E-state index contributed by atoms with van der Waals surface area (Å²) < 4.78 is 43.1. The van der Waals surface area contributed by atoms with E-state index in [2.05, 4.69) is 5.32 Å². The van der Waals surface area contributed by atoms with E-state index in [1.165, 1.54) is 19.3 Å². The Kier molecular flexibility index (Phi) is 5.79. The van der Waals surface area contributed by atoms with Gasteiger partial charge in [0.2, 0.25) is 0 Å². The second-order valence-corrected chi connectivity index (χ2v) is 8.79. The standard InChI is InChI=1S/C20H22FNO4S/c1-27(24,25)17-11-12-18(21)19(13-17)22-20(23)14-7-9-16(10-8-14)26-15-5-3-2-4-6-15/h7-13,15H,2-6H2,1H3,(H,22,23). The lowest BCUT2D eigenvalue weighted by atomic mass is 9.98. The molecule has 0 spiro atoms. The van der Waals surface area contributed by atoms with E-state index in [0.717, 1.165) is 37.3 Å². The first-order chi connectivity index (χ1) is 12.8. The zero-order valence-electron chi connectivity index (χ0n) is 15.1. The molecule has 0 atom stereocenters. The quantitative estimate of drug-likeness (QED) is 0.776. The lowest BCUT2D eigenvalue weighted by Crippen LogP contribution is -2.19. The number of rotatable bonds is 5. The molecule has 0 aliphatic heterocycles. The van der Waals surface area contributed by atoms with Crippen LogP contribution >= 0.6 is 0 Å². The SMILES string of the molecule is CS(=O)(=O)c1ccc(F)c(NC(=O)c2ccc(OC3CCCCC3)cc2)c1. The van der Waals surface area contributed by atoms with Gasteiger partial charge in [-0.1, -0.05) is 6.42 Å². The minimum atomic E-state index is -3.50. The molecule has 144 valence electrons. The summed E-state index contributed by atoms with van der Waals surface area (Å²) in [6, 6.07) is 9.94. The molecule has 1 aliphatic carbocycles. The Morgan fingerprint density at radius 2 is 1.74 bits per heavy atom. The number of ether oxygens (including phenoxy) is 1. The highest BCUT2D eigenvalue weighted by Crippen LogP contribution is 2.24. The van der Waals surface area contributed by atoms with Crippen molar-refractivity contribution in [2.45, 2.75) is 43.1 Å². The Morgan fingerprint density at radius 1 is 1.07 bits per heavy atom. The Morgan fingerprint density at radius 3 is 2.37 bits per heavy atom. The summed E-state index contributed by atoms with van der Waals surface area (Å²) >= 11 is 0. The summed E-state index contributed by atoms with van der Waals surface area (Å²) in [5, 5.41) is 2.42. The van der Waals surface area contributed by atoms with E-state index in [-0.39, 0.29) is 16.7 Å². The maximum atomic E-state index is 13.9. The molecule has 1 amide bonds.